The summed E-state index contributed by atoms with van der Waals surface area (Å²) in [4.78, 5) is 6.43. The molecule has 0 saturated carbocycles. The Kier molecular flexibility index (Phi) is 4.75. The van der Waals surface area contributed by atoms with Gasteiger partial charge in [0.05, 0.1) is 42.2 Å². The van der Waals surface area contributed by atoms with E-state index in [0.29, 0.717) is 31.8 Å². The number of ether oxygens (including phenoxy) is 1. The molecule has 2 aromatic rings. The van der Waals surface area contributed by atoms with Crippen LogP contribution in [0.4, 0.5) is 11.4 Å². The molecule has 5 heteroatoms. The summed E-state index contributed by atoms with van der Waals surface area (Å²) in [6.45, 7) is 1.90. The molecular formula is C15H18N4O. The minimum Gasteiger partial charge on any atom is -0.396 e. The molecule has 2 rings (SSSR count). The lowest BCUT2D eigenvalue weighted by molar-refractivity contribution is 0.205. The second-order valence-electron chi connectivity index (χ2n) is 4.47. The number of pyridine rings is 1. The molecular weight excluding hydrogens is 252 g/mol. The van der Waals surface area contributed by atoms with Crippen molar-refractivity contribution < 1.29 is 4.74 Å². The quantitative estimate of drug-likeness (QED) is 0.870. The molecule has 5 nitrogen and oxygen atoms in total. The maximum atomic E-state index is 8.82. The lowest BCUT2D eigenvalue weighted by Gasteiger charge is -2.26. The summed E-state index contributed by atoms with van der Waals surface area (Å²) < 4.78 is 5.14. The Morgan fingerprint density at radius 1 is 1.35 bits per heavy atom. The van der Waals surface area contributed by atoms with E-state index < -0.39 is 0 Å². The van der Waals surface area contributed by atoms with Crippen LogP contribution in [-0.2, 0) is 4.74 Å². The first-order valence-corrected chi connectivity index (χ1v) is 6.52. The normalized spacial score (nSPS) is 10.4. The zero-order valence-corrected chi connectivity index (χ0v) is 11.5. The van der Waals surface area contributed by atoms with Crippen molar-refractivity contribution in [1.82, 2.24) is 4.98 Å². The first-order chi connectivity index (χ1) is 9.77. The summed E-state index contributed by atoms with van der Waals surface area (Å²) in [5.74, 6) is 0. The molecule has 104 valence electrons. The van der Waals surface area contributed by atoms with E-state index in [1.54, 1.807) is 13.3 Å². The summed E-state index contributed by atoms with van der Waals surface area (Å²) in [6.07, 6.45) is 2.11. The van der Waals surface area contributed by atoms with Crippen LogP contribution in [0.5, 0.6) is 0 Å². The summed E-state index contributed by atoms with van der Waals surface area (Å²) in [7, 11) is 1.66. The van der Waals surface area contributed by atoms with Gasteiger partial charge in [-0.2, -0.15) is 5.26 Å². The number of para-hydroxylation sites is 1. The molecule has 1 aromatic carbocycles. The SMILES string of the molecule is COCCN(CCC#N)c1c(N)cnc2ccccc12. The third kappa shape index (κ3) is 2.98. The van der Waals surface area contributed by atoms with Crippen LogP contribution < -0.4 is 10.6 Å². The maximum Gasteiger partial charge on any atom is 0.0745 e. The molecule has 0 fully saturated rings. The molecule has 0 unspecified atom stereocenters. The van der Waals surface area contributed by atoms with Gasteiger partial charge >= 0.3 is 0 Å². The monoisotopic (exact) mass is 270 g/mol. The minimum atomic E-state index is 0.444. The Balaban J connectivity index is 2.45. The van der Waals surface area contributed by atoms with E-state index in [1.807, 2.05) is 24.3 Å². The highest BCUT2D eigenvalue weighted by Crippen LogP contribution is 2.31. The number of fused-ring (bicyclic) bond motifs is 1. The molecule has 0 aliphatic rings. The van der Waals surface area contributed by atoms with Crippen molar-refractivity contribution in [2.75, 3.05) is 37.4 Å². The van der Waals surface area contributed by atoms with E-state index >= 15 is 0 Å². The van der Waals surface area contributed by atoms with Gasteiger partial charge in [0.1, 0.15) is 0 Å². The highest BCUT2D eigenvalue weighted by atomic mass is 16.5. The number of hydrogen-bond donors (Lipinski definition) is 1. The molecule has 1 aromatic heterocycles. The van der Waals surface area contributed by atoms with Crippen LogP contribution in [-0.4, -0.2) is 31.8 Å². The van der Waals surface area contributed by atoms with Gasteiger partial charge in [0.25, 0.3) is 0 Å². The van der Waals surface area contributed by atoms with Crippen molar-refractivity contribution in [2.24, 2.45) is 0 Å². The zero-order chi connectivity index (χ0) is 14.4. The third-order valence-electron chi connectivity index (χ3n) is 3.15. The molecule has 0 spiro atoms. The third-order valence-corrected chi connectivity index (χ3v) is 3.15. The van der Waals surface area contributed by atoms with Crippen LogP contribution in [0.25, 0.3) is 10.9 Å². The van der Waals surface area contributed by atoms with Gasteiger partial charge in [-0.25, -0.2) is 0 Å². The Morgan fingerprint density at radius 2 is 2.15 bits per heavy atom. The number of methoxy groups -OCH3 is 1. The number of nitrogen functional groups attached to an aromatic ring is 1. The summed E-state index contributed by atoms with van der Waals surface area (Å²) >= 11 is 0. The number of aromatic nitrogens is 1. The van der Waals surface area contributed by atoms with Crippen molar-refractivity contribution in [3.63, 3.8) is 0 Å². The highest BCUT2D eigenvalue weighted by Gasteiger charge is 2.14. The molecule has 0 aliphatic carbocycles. The topological polar surface area (TPSA) is 75.2 Å². The van der Waals surface area contributed by atoms with Crippen molar-refractivity contribution >= 4 is 22.3 Å². The number of nitrogens with two attached hydrogens (primary N) is 1. The van der Waals surface area contributed by atoms with E-state index in [-0.39, 0.29) is 0 Å². The smallest absolute Gasteiger partial charge is 0.0745 e. The van der Waals surface area contributed by atoms with Crippen molar-refractivity contribution in [3.05, 3.63) is 30.5 Å². The Bertz CT molecular complexity index is 621. The lowest BCUT2D eigenvalue weighted by atomic mass is 10.1. The van der Waals surface area contributed by atoms with Crippen molar-refractivity contribution in [2.45, 2.75) is 6.42 Å². The zero-order valence-electron chi connectivity index (χ0n) is 11.5. The van der Waals surface area contributed by atoms with E-state index in [0.717, 1.165) is 16.6 Å². The number of nitriles is 1. The van der Waals surface area contributed by atoms with E-state index in [2.05, 4.69) is 16.0 Å². The van der Waals surface area contributed by atoms with Gasteiger partial charge < -0.3 is 15.4 Å². The molecule has 0 bridgehead atoms. The fraction of sp³-hybridized carbons (Fsp3) is 0.333. The van der Waals surface area contributed by atoms with E-state index in [1.165, 1.54) is 0 Å². The fourth-order valence-corrected chi connectivity index (χ4v) is 2.22. The number of hydrogen-bond acceptors (Lipinski definition) is 5. The fourth-order valence-electron chi connectivity index (χ4n) is 2.22. The molecule has 0 saturated heterocycles. The van der Waals surface area contributed by atoms with Crippen LogP contribution in [0.2, 0.25) is 0 Å². The predicted molar refractivity (Wildman–Crippen MR) is 80.5 cm³/mol. The second kappa shape index (κ2) is 6.73. The first-order valence-electron chi connectivity index (χ1n) is 6.52. The van der Waals surface area contributed by atoms with Crippen LogP contribution >= 0.6 is 0 Å². The van der Waals surface area contributed by atoms with Crippen LogP contribution in [0.1, 0.15) is 6.42 Å². The number of anilines is 2. The Labute approximate surface area is 118 Å². The van der Waals surface area contributed by atoms with Gasteiger partial charge in [-0.05, 0) is 6.07 Å². The molecule has 1 heterocycles. The molecule has 2 N–H and O–H groups in total. The van der Waals surface area contributed by atoms with Gasteiger partial charge in [-0.1, -0.05) is 18.2 Å². The summed E-state index contributed by atoms with van der Waals surface area (Å²) in [5, 5.41) is 9.82. The first kappa shape index (κ1) is 14.1. The lowest BCUT2D eigenvalue weighted by Crippen LogP contribution is -2.29. The average molecular weight is 270 g/mol. The largest absolute Gasteiger partial charge is 0.396 e. The maximum absolute atomic E-state index is 8.82. The van der Waals surface area contributed by atoms with Crippen molar-refractivity contribution in [3.8, 4) is 6.07 Å². The van der Waals surface area contributed by atoms with E-state index in [4.69, 9.17) is 15.7 Å². The standard InChI is InChI=1S/C15H18N4O/c1-20-10-9-19(8-4-7-16)15-12-5-2-3-6-14(12)18-11-13(15)17/h2-3,5-6,11H,4,8-10,17H2,1H3. The Morgan fingerprint density at radius 3 is 2.90 bits per heavy atom. The minimum absolute atomic E-state index is 0.444. The van der Waals surface area contributed by atoms with Crippen LogP contribution in [0.3, 0.4) is 0 Å². The van der Waals surface area contributed by atoms with Crippen LogP contribution in [0.15, 0.2) is 30.5 Å². The summed E-state index contributed by atoms with van der Waals surface area (Å²) in [5.41, 5.74) is 8.56. The highest BCUT2D eigenvalue weighted by molar-refractivity contribution is 5.97. The van der Waals surface area contributed by atoms with Crippen LogP contribution in [0, 0.1) is 11.3 Å². The number of benzene rings is 1. The van der Waals surface area contributed by atoms with E-state index in [9.17, 15) is 0 Å². The van der Waals surface area contributed by atoms with Crippen molar-refractivity contribution in [1.29, 1.82) is 5.26 Å². The summed E-state index contributed by atoms with van der Waals surface area (Å²) in [6, 6.07) is 10.0. The Hall–Kier alpha value is -2.32. The number of nitrogens with zero attached hydrogens (tertiary/aromatic N) is 3. The van der Waals surface area contributed by atoms with Gasteiger partial charge in [-0.3, -0.25) is 4.98 Å². The van der Waals surface area contributed by atoms with Gasteiger partial charge in [0, 0.05) is 25.6 Å². The second-order valence-corrected chi connectivity index (χ2v) is 4.47. The van der Waals surface area contributed by atoms with Gasteiger partial charge in [-0.15, -0.1) is 0 Å². The molecule has 0 atom stereocenters. The van der Waals surface area contributed by atoms with Gasteiger partial charge in [0.2, 0.25) is 0 Å². The predicted octanol–water partition coefficient (Wildman–Crippen LogP) is 2.18. The molecule has 0 aliphatic heterocycles. The number of rotatable bonds is 6. The molecule has 0 radical (unpaired) electrons. The average Bonchev–Trinajstić information content (AvgIpc) is 2.48. The molecule has 20 heavy (non-hydrogen) atoms. The van der Waals surface area contributed by atoms with Gasteiger partial charge in [0.15, 0.2) is 0 Å². The molecule has 0 amide bonds.